The first kappa shape index (κ1) is 21.9. The fraction of sp³-hybridized carbons (Fsp3) is 0.400. The Kier molecular flexibility index (Phi) is 6.44. The molecule has 2 aromatic carbocycles. The maximum atomic E-state index is 12.9. The minimum atomic E-state index is -0.763. The van der Waals surface area contributed by atoms with Crippen LogP contribution in [0.5, 0.6) is 5.75 Å². The van der Waals surface area contributed by atoms with Gasteiger partial charge in [0.2, 0.25) is 5.91 Å². The van der Waals surface area contributed by atoms with E-state index in [-0.39, 0.29) is 24.8 Å². The molecule has 0 unspecified atom stereocenters. The quantitative estimate of drug-likeness (QED) is 0.640. The van der Waals surface area contributed by atoms with E-state index in [4.69, 9.17) is 4.74 Å². The molecular weight excluding hydrogens is 406 g/mol. The number of benzene rings is 2. The molecule has 7 nitrogen and oxygen atoms in total. The highest BCUT2D eigenvalue weighted by molar-refractivity contribution is 6.07. The van der Waals surface area contributed by atoms with Gasteiger partial charge >= 0.3 is 6.03 Å². The van der Waals surface area contributed by atoms with Crippen LogP contribution in [0.15, 0.2) is 48.5 Å². The highest BCUT2D eigenvalue weighted by Gasteiger charge is 2.51. The number of nitrogens with one attached hydrogen (secondary N) is 2. The van der Waals surface area contributed by atoms with E-state index in [2.05, 4.69) is 10.6 Å². The number of rotatable bonds is 7. The summed E-state index contributed by atoms with van der Waals surface area (Å²) in [4.78, 5) is 39.1. The van der Waals surface area contributed by atoms with Crippen molar-refractivity contribution in [3.8, 4) is 5.75 Å². The van der Waals surface area contributed by atoms with Gasteiger partial charge < -0.3 is 15.4 Å². The fourth-order valence-corrected chi connectivity index (χ4v) is 4.39. The molecule has 4 amide bonds. The lowest BCUT2D eigenvalue weighted by molar-refractivity contribution is -0.132. The third-order valence-electron chi connectivity index (χ3n) is 6.16. The molecule has 1 aliphatic carbocycles. The summed E-state index contributed by atoms with van der Waals surface area (Å²) in [5, 5.41) is 5.74. The van der Waals surface area contributed by atoms with Gasteiger partial charge in [0.1, 0.15) is 17.9 Å². The highest BCUT2D eigenvalue weighted by atomic mass is 16.5. The molecule has 32 heavy (non-hydrogen) atoms. The average molecular weight is 436 g/mol. The molecule has 1 saturated heterocycles. The smallest absolute Gasteiger partial charge is 0.325 e. The third-order valence-corrected chi connectivity index (χ3v) is 6.16. The van der Waals surface area contributed by atoms with Crippen LogP contribution < -0.4 is 15.4 Å². The normalized spacial score (nSPS) is 17.3. The SMILES string of the molecule is Cc1ccc(NC(=O)CCN2C(=O)NC3(CCCCC3)C2=O)c(OCc2ccccc2)c1. The van der Waals surface area contributed by atoms with Crippen LogP contribution in [0.3, 0.4) is 0 Å². The topological polar surface area (TPSA) is 87.7 Å². The second-order valence-corrected chi connectivity index (χ2v) is 8.60. The third kappa shape index (κ3) is 4.77. The molecule has 1 saturated carbocycles. The Bertz CT molecular complexity index is 1000. The highest BCUT2D eigenvalue weighted by Crippen LogP contribution is 2.33. The van der Waals surface area contributed by atoms with Crippen molar-refractivity contribution < 1.29 is 19.1 Å². The zero-order valence-corrected chi connectivity index (χ0v) is 18.4. The van der Waals surface area contributed by atoms with Gasteiger partial charge in [-0.05, 0) is 43.0 Å². The molecule has 168 valence electrons. The van der Waals surface area contributed by atoms with E-state index in [0.29, 0.717) is 30.9 Å². The second kappa shape index (κ2) is 9.42. The summed E-state index contributed by atoms with van der Waals surface area (Å²) in [6, 6.07) is 15.0. The number of amides is 4. The fourth-order valence-electron chi connectivity index (χ4n) is 4.39. The molecule has 2 aliphatic rings. The summed E-state index contributed by atoms with van der Waals surface area (Å²) in [6.07, 6.45) is 4.32. The van der Waals surface area contributed by atoms with Crippen LogP contribution in [-0.2, 0) is 16.2 Å². The van der Waals surface area contributed by atoms with Crippen molar-refractivity contribution in [2.45, 2.75) is 57.6 Å². The van der Waals surface area contributed by atoms with Gasteiger partial charge in [0.05, 0.1) is 5.69 Å². The number of urea groups is 1. The summed E-state index contributed by atoms with van der Waals surface area (Å²) in [7, 11) is 0. The van der Waals surface area contributed by atoms with Gasteiger partial charge in [-0.1, -0.05) is 55.7 Å². The van der Waals surface area contributed by atoms with E-state index < -0.39 is 11.6 Å². The monoisotopic (exact) mass is 435 g/mol. The lowest BCUT2D eigenvalue weighted by Crippen LogP contribution is -2.48. The largest absolute Gasteiger partial charge is 0.487 e. The maximum absolute atomic E-state index is 12.9. The molecule has 1 spiro atoms. The van der Waals surface area contributed by atoms with E-state index >= 15 is 0 Å². The molecule has 2 fully saturated rings. The van der Waals surface area contributed by atoms with Crippen molar-refractivity contribution in [2.75, 3.05) is 11.9 Å². The molecule has 0 radical (unpaired) electrons. The zero-order chi connectivity index (χ0) is 22.6. The Hall–Kier alpha value is -3.35. The van der Waals surface area contributed by atoms with Crippen LogP contribution in [-0.4, -0.2) is 34.8 Å². The number of nitrogens with zero attached hydrogens (tertiary/aromatic N) is 1. The van der Waals surface area contributed by atoms with Crippen LogP contribution in [0.2, 0.25) is 0 Å². The minimum absolute atomic E-state index is 0.0290. The number of imide groups is 1. The van der Waals surface area contributed by atoms with Gasteiger partial charge in [0, 0.05) is 13.0 Å². The number of anilines is 1. The Balaban J connectivity index is 1.36. The van der Waals surface area contributed by atoms with Crippen molar-refractivity contribution in [1.82, 2.24) is 10.2 Å². The first-order chi connectivity index (χ1) is 15.5. The van der Waals surface area contributed by atoms with E-state index in [9.17, 15) is 14.4 Å². The van der Waals surface area contributed by atoms with Crippen LogP contribution in [0.25, 0.3) is 0 Å². The van der Waals surface area contributed by atoms with Gasteiger partial charge in [0.25, 0.3) is 5.91 Å². The van der Waals surface area contributed by atoms with E-state index in [1.807, 2.05) is 49.4 Å². The Morgan fingerprint density at radius 2 is 1.84 bits per heavy atom. The summed E-state index contributed by atoms with van der Waals surface area (Å²) in [5.74, 6) is 0.110. The number of carbonyl (C=O) groups excluding carboxylic acids is 3. The molecule has 0 aromatic heterocycles. The maximum Gasteiger partial charge on any atom is 0.325 e. The van der Waals surface area contributed by atoms with E-state index in [1.54, 1.807) is 6.07 Å². The minimum Gasteiger partial charge on any atom is -0.487 e. The average Bonchev–Trinajstić information content (AvgIpc) is 3.02. The van der Waals surface area contributed by atoms with Gasteiger partial charge in [-0.15, -0.1) is 0 Å². The molecule has 4 rings (SSSR count). The predicted molar refractivity (Wildman–Crippen MR) is 121 cm³/mol. The lowest BCUT2D eigenvalue weighted by atomic mass is 9.82. The first-order valence-electron chi connectivity index (χ1n) is 11.2. The van der Waals surface area contributed by atoms with Crippen molar-refractivity contribution in [1.29, 1.82) is 0 Å². The number of aryl methyl sites for hydroxylation is 1. The molecule has 1 heterocycles. The summed E-state index contributed by atoms with van der Waals surface area (Å²) in [5.41, 5.74) is 1.85. The van der Waals surface area contributed by atoms with E-state index in [0.717, 1.165) is 30.4 Å². The van der Waals surface area contributed by atoms with Crippen LogP contribution in [0, 0.1) is 6.92 Å². The zero-order valence-electron chi connectivity index (χ0n) is 18.4. The van der Waals surface area contributed by atoms with Gasteiger partial charge in [0.15, 0.2) is 0 Å². The van der Waals surface area contributed by atoms with Gasteiger partial charge in [-0.3, -0.25) is 14.5 Å². The van der Waals surface area contributed by atoms with Crippen molar-refractivity contribution >= 4 is 23.5 Å². The van der Waals surface area contributed by atoms with Crippen LogP contribution in [0.4, 0.5) is 10.5 Å². The van der Waals surface area contributed by atoms with E-state index in [1.165, 1.54) is 4.90 Å². The predicted octanol–water partition coefficient (Wildman–Crippen LogP) is 4.16. The summed E-state index contributed by atoms with van der Waals surface area (Å²) < 4.78 is 5.95. The summed E-state index contributed by atoms with van der Waals surface area (Å²) in [6.45, 7) is 2.40. The molecule has 2 N–H and O–H groups in total. The molecule has 7 heteroatoms. The molecule has 0 bridgehead atoms. The Labute approximate surface area is 188 Å². The summed E-state index contributed by atoms with van der Waals surface area (Å²) >= 11 is 0. The molecule has 0 atom stereocenters. The lowest BCUT2D eigenvalue weighted by Gasteiger charge is -2.30. The molecule has 2 aromatic rings. The van der Waals surface area contributed by atoms with Crippen LogP contribution >= 0.6 is 0 Å². The number of carbonyl (C=O) groups is 3. The van der Waals surface area contributed by atoms with Crippen LogP contribution in [0.1, 0.15) is 49.7 Å². The Morgan fingerprint density at radius 3 is 2.59 bits per heavy atom. The number of hydrogen-bond acceptors (Lipinski definition) is 4. The molecule has 1 aliphatic heterocycles. The number of hydrogen-bond donors (Lipinski definition) is 2. The first-order valence-corrected chi connectivity index (χ1v) is 11.2. The number of ether oxygens (including phenoxy) is 1. The van der Waals surface area contributed by atoms with Crippen molar-refractivity contribution in [3.05, 3.63) is 59.7 Å². The van der Waals surface area contributed by atoms with Gasteiger partial charge in [-0.25, -0.2) is 4.79 Å². The second-order valence-electron chi connectivity index (χ2n) is 8.60. The van der Waals surface area contributed by atoms with Crippen molar-refractivity contribution in [3.63, 3.8) is 0 Å². The van der Waals surface area contributed by atoms with Gasteiger partial charge in [-0.2, -0.15) is 0 Å². The molecular formula is C25H29N3O4. The van der Waals surface area contributed by atoms with Crippen molar-refractivity contribution in [2.24, 2.45) is 0 Å². The standard InChI is InChI=1S/C25H29N3O4/c1-18-10-11-20(21(16-18)32-17-19-8-4-2-5-9-19)26-22(29)12-15-28-23(30)25(27-24(28)31)13-6-3-7-14-25/h2,4-5,8-11,16H,3,6-7,12-15,17H2,1H3,(H,26,29)(H,27,31). The Morgan fingerprint density at radius 1 is 1.09 bits per heavy atom.